The van der Waals surface area contributed by atoms with Crippen molar-refractivity contribution in [2.24, 2.45) is 17.2 Å². The predicted octanol–water partition coefficient (Wildman–Crippen LogP) is 4.64. The van der Waals surface area contributed by atoms with Crippen molar-refractivity contribution >= 4 is 35.1 Å². The number of nitrogens with two attached hydrogens (primary N) is 3. The lowest BCUT2D eigenvalue weighted by Crippen LogP contribution is -2.48. The molecule has 2 aliphatic heterocycles. The SMILES string of the molecule is C.CN(C)[C@H](CN)Cc1ccc(C(N)=O)cc1.CN(C)[C@H](CNC(=O)[C@H]1CCCN1c1ccccc1)Cc1ccc(C(N)=O)cc1.O=C(O)[C@H]1CCCN1c1ccccc1. The van der Waals surface area contributed by atoms with Crippen LogP contribution in [0.15, 0.2) is 109 Å². The number of rotatable bonds is 15. The molecule has 13 nitrogen and oxygen atoms in total. The minimum atomic E-state index is -0.716. The Balaban J connectivity index is 0.000000262. The van der Waals surface area contributed by atoms with E-state index in [1.807, 2.05) is 106 Å². The predicted molar refractivity (Wildman–Crippen MR) is 242 cm³/mol. The fraction of sp³-hybridized carbons (Fsp3) is 0.404. The van der Waals surface area contributed by atoms with Crippen LogP contribution in [0.5, 0.6) is 0 Å². The molecule has 2 heterocycles. The Morgan fingerprint density at radius 2 is 1.05 bits per heavy atom. The Morgan fingerprint density at radius 1 is 0.650 bits per heavy atom. The molecule has 2 aliphatic rings. The molecule has 0 saturated carbocycles. The number of aliphatic carboxylic acids is 1. The van der Waals surface area contributed by atoms with E-state index < -0.39 is 17.8 Å². The molecule has 0 spiro atoms. The van der Waals surface area contributed by atoms with Gasteiger partial charge in [-0.05, 0) is 126 Å². The summed E-state index contributed by atoms with van der Waals surface area (Å²) in [4.78, 5) is 54.4. The maximum absolute atomic E-state index is 12.9. The molecule has 0 aliphatic carbocycles. The average Bonchev–Trinajstić information content (AvgIpc) is 3.94. The van der Waals surface area contributed by atoms with Crippen LogP contribution in [0.3, 0.4) is 0 Å². The zero-order valence-electron chi connectivity index (χ0n) is 34.9. The first-order chi connectivity index (χ1) is 28.3. The quantitative estimate of drug-likeness (QED) is 0.113. The minimum Gasteiger partial charge on any atom is -0.480 e. The second kappa shape index (κ2) is 24.4. The Labute approximate surface area is 356 Å². The maximum Gasteiger partial charge on any atom is 0.326 e. The number of nitrogens with one attached hydrogen (secondary N) is 1. The van der Waals surface area contributed by atoms with Gasteiger partial charge in [-0.3, -0.25) is 14.4 Å². The molecule has 4 aromatic rings. The number of carbonyl (C=O) groups excluding carboxylic acids is 3. The molecule has 6 rings (SSSR count). The van der Waals surface area contributed by atoms with Crippen molar-refractivity contribution in [1.82, 2.24) is 15.1 Å². The fourth-order valence-corrected chi connectivity index (χ4v) is 7.32. The second-order valence-electron chi connectivity index (χ2n) is 15.5. The van der Waals surface area contributed by atoms with E-state index in [-0.39, 0.29) is 31.5 Å². The highest BCUT2D eigenvalue weighted by molar-refractivity contribution is 5.93. The number of carbonyl (C=O) groups is 4. The highest BCUT2D eigenvalue weighted by atomic mass is 16.4. The summed E-state index contributed by atoms with van der Waals surface area (Å²) in [5, 5.41) is 12.2. The first-order valence-electron chi connectivity index (χ1n) is 20.2. The molecule has 13 heteroatoms. The molecular formula is C47H66N8O5. The van der Waals surface area contributed by atoms with Crippen molar-refractivity contribution < 1.29 is 24.3 Å². The highest BCUT2D eigenvalue weighted by Crippen LogP contribution is 2.26. The average molecular weight is 823 g/mol. The molecule has 0 unspecified atom stereocenters. The van der Waals surface area contributed by atoms with Gasteiger partial charge in [0.2, 0.25) is 17.7 Å². The summed E-state index contributed by atoms with van der Waals surface area (Å²) in [7, 11) is 8.05. The fourth-order valence-electron chi connectivity index (χ4n) is 7.32. The van der Waals surface area contributed by atoms with Crippen LogP contribution in [0.25, 0.3) is 0 Å². The molecule has 2 fully saturated rings. The third-order valence-electron chi connectivity index (χ3n) is 10.9. The van der Waals surface area contributed by atoms with Crippen molar-refractivity contribution in [3.05, 3.63) is 131 Å². The number of hydrogen-bond donors (Lipinski definition) is 5. The molecule has 8 N–H and O–H groups in total. The molecule has 60 heavy (non-hydrogen) atoms. The Hall–Kier alpha value is -5.76. The second-order valence-corrected chi connectivity index (χ2v) is 15.5. The van der Waals surface area contributed by atoms with Crippen LogP contribution in [0.1, 0.15) is 65.0 Å². The smallest absolute Gasteiger partial charge is 0.326 e. The van der Waals surface area contributed by atoms with Crippen molar-refractivity contribution in [2.45, 2.75) is 70.1 Å². The van der Waals surface area contributed by atoms with Crippen LogP contribution < -0.4 is 32.3 Å². The zero-order valence-corrected chi connectivity index (χ0v) is 34.9. The first kappa shape index (κ1) is 48.6. The van der Waals surface area contributed by atoms with Crippen LogP contribution in [-0.2, 0) is 22.4 Å². The van der Waals surface area contributed by atoms with Gasteiger partial charge in [-0.25, -0.2) is 4.79 Å². The summed E-state index contributed by atoms with van der Waals surface area (Å²) < 4.78 is 0. The third-order valence-corrected chi connectivity index (χ3v) is 10.9. The molecule has 0 radical (unpaired) electrons. The molecule has 324 valence electrons. The number of benzene rings is 4. The van der Waals surface area contributed by atoms with Gasteiger partial charge >= 0.3 is 5.97 Å². The molecule has 4 aromatic carbocycles. The zero-order chi connectivity index (χ0) is 42.9. The highest BCUT2D eigenvalue weighted by Gasteiger charge is 2.32. The standard InChI is InChI=1S/C23H30N4O2.C12H19N3O.C11H13NO2.CH4/c1-26(2)20(15-17-10-12-18(13-11-17)22(24)28)16-25-23(29)21-9-6-14-27(21)19-7-4-3-5-8-19;1-15(2)11(8-13)7-9-3-5-10(6-4-9)12(14)16;13-11(14)10-7-4-8-12(10)9-5-2-1-3-6-9;/h3-5,7-8,10-13,20-21H,6,9,14-16H2,1-2H3,(H2,24,28)(H,25,29);3-6,11H,7-8,13H2,1-2H3,(H2,14,16);1-3,5-6,10H,4,7-8H2,(H,13,14);1H4/t20-,21+;11-;10-;/m001./s1. The number of carboxylic acids is 1. The normalized spacial score (nSPS) is 16.7. The first-order valence-corrected chi connectivity index (χ1v) is 20.2. The third kappa shape index (κ3) is 14.5. The van der Waals surface area contributed by atoms with E-state index in [4.69, 9.17) is 22.3 Å². The van der Waals surface area contributed by atoms with E-state index in [1.54, 1.807) is 24.3 Å². The Morgan fingerprint density at radius 3 is 1.43 bits per heavy atom. The van der Waals surface area contributed by atoms with Crippen molar-refractivity contribution in [3.8, 4) is 0 Å². The monoisotopic (exact) mass is 823 g/mol. The number of carboxylic acid groups (broad SMARTS) is 1. The summed E-state index contributed by atoms with van der Waals surface area (Å²) in [5.41, 5.74) is 21.6. The lowest BCUT2D eigenvalue weighted by atomic mass is 10.0. The van der Waals surface area contributed by atoms with Gasteiger partial charge in [0.05, 0.1) is 0 Å². The number of nitrogens with zero attached hydrogens (tertiary/aromatic N) is 4. The van der Waals surface area contributed by atoms with Crippen molar-refractivity contribution in [2.75, 3.05) is 64.2 Å². The van der Waals surface area contributed by atoms with Crippen LogP contribution >= 0.6 is 0 Å². The van der Waals surface area contributed by atoms with Crippen molar-refractivity contribution in [3.63, 3.8) is 0 Å². The van der Waals surface area contributed by atoms with Crippen LogP contribution in [0.4, 0.5) is 11.4 Å². The largest absolute Gasteiger partial charge is 0.480 e. The van der Waals surface area contributed by atoms with E-state index in [1.165, 1.54) is 0 Å². The van der Waals surface area contributed by atoms with E-state index in [0.717, 1.165) is 74.1 Å². The topological polar surface area (TPSA) is 192 Å². The number of anilines is 2. The lowest BCUT2D eigenvalue weighted by Gasteiger charge is -2.28. The summed E-state index contributed by atoms with van der Waals surface area (Å²) in [6.07, 6.45) is 5.27. The van der Waals surface area contributed by atoms with Gasteiger partial charge in [0.1, 0.15) is 12.1 Å². The molecule has 2 saturated heterocycles. The van der Waals surface area contributed by atoms with Crippen LogP contribution in [-0.4, -0.2) is 117 Å². The Kier molecular flexibility index (Phi) is 19.7. The Bertz CT molecular complexity index is 1910. The van der Waals surface area contributed by atoms with Gasteiger partial charge in [-0.15, -0.1) is 0 Å². The van der Waals surface area contributed by atoms with E-state index in [2.05, 4.69) is 32.1 Å². The van der Waals surface area contributed by atoms with E-state index >= 15 is 0 Å². The van der Waals surface area contributed by atoms with Gasteiger partial charge < -0.3 is 47.2 Å². The maximum atomic E-state index is 12.9. The van der Waals surface area contributed by atoms with E-state index in [0.29, 0.717) is 30.3 Å². The number of likely N-dealkylation sites (N-methyl/N-ethyl adjacent to an activating group) is 2. The number of amides is 3. The minimum absolute atomic E-state index is 0. The lowest BCUT2D eigenvalue weighted by molar-refractivity contribution is -0.138. The summed E-state index contributed by atoms with van der Waals surface area (Å²) in [6, 6.07) is 34.6. The summed E-state index contributed by atoms with van der Waals surface area (Å²) >= 11 is 0. The van der Waals surface area contributed by atoms with Crippen LogP contribution in [0, 0.1) is 0 Å². The van der Waals surface area contributed by atoms with Gasteiger partial charge in [0.25, 0.3) is 0 Å². The van der Waals surface area contributed by atoms with Gasteiger partial charge in [0, 0.05) is 60.8 Å². The summed E-state index contributed by atoms with van der Waals surface area (Å²) in [6.45, 7) is 2.94. The van der Waals surface area contributed by atoms with Gasteiger partial charge in [0.15, 0.2) is 0 Å². The molecule has 4 atom stereocenters. The van der Waals surface area contributed by atoms with E-state index in [9.17, 15) is 19.2 Å². The molecule has 3 amide bonds. The van der Waals surface area contributed by atoms with Crippen LogP contribution in [0.2, 0.25) is 0 Å². The van der Waals surface area contributed by atoms with Crippen molar-refractivity contribution in [1.29, 1.82) is 0 Å². The summed E-state index contributed by atoms with van der Waals surface area (Å²) in [5.74, 6) is -1.45. The number of para-hydroxylation sites is 2. The molecular weight excluding hydrogens is 757 g/mol. The van der Waals surface area contributed by atoms with Gasteiger partial charge in [-0.2, -0.15) is 0 Å². The number of hydrogen-bond acceptors (Lipinski definition) is 9. The molecule has 0 aromatic heterocycles. The van der Waals surface area contributed by atoms with Gasteiger partial charge in [-0.1, -0.05) is 68.1 Å². The number of primary amides is 2. The molecule has 0 bridgehead atoms.